The Morgan fingerprint density at radius 2 is 1.91 bits per heavy atom. The number of para-hydroxylation sites is 1. The fraction of sp³-hybridized carbons (Fsp3) is 0.630. The first-order chi connectivity index (χ1) is 16.1. The summed E-state index contributed by atoms with van der Waals surface area (Å²) in [6.45, 7) is 8.69. The van der Waals surface area contributed by atoms with Gasteiger partial charge in [0.15, 0.2) is 0 Å². The van der Waals surface area contributed by atoms with Gasteiger partial charge in [0.05, 0.1) is 6.54 Å². The van der Waals surface area contributed by atoms with Gasteiger partial charge in [-0.05, 0) is 51.0 Å². The predicted octanol–water partition coefficient (Wildman–Crippen LogP) is 3.71. The van der Waals surface area contributed by atoms with Crippen LogP contribution in [0.1, 0.15) is 51.5 Å². The quantitative estimate of drug-likeness (QED) is 0.638. The van der Waals surface area contributed by atoms with Gasteiger partial charge in [-0.2, -0.15) is 0 Å². The van der Waals surface area contributed by atoms with Gasteiger partial charge in [0.2, 0.25) is 11.8 Å². The lowest BCUT2D eigenvalue weighted by Crippen LogP contribution is -2.50. The largest absolute Gasteiger partial charge is 0.489 e. The van der Waals surface area contributed by atoms with Gasteiger partial charge in [-0.1, -0.05) is 36.8 Å². The molecule has 1 saturated heterocycles. The van der Waals surface area contributed by atoms with Crippen molar-refractivity contribution in [3.8, 4) is 5.75 Å². The lowest BCUT2D eigenvalue weighted by molar-refractivity contribution is -0.136. The number of rotatable bonds is 5. The summed E-state index contributed by atoms with van der Waals surface area (Å²) in [5.41, 5.74) is 1.14. The molecule has 0 spiro atoms. The van der Waals surface area contributed by atoms with E-state index in [1.54, 1.807) is 0 Å². The summed E-state index contributed by atoms with van der Waals surface area (Å²) in [5, 5.41) is 0. The van der Waals surface area contributed by atoms with Gasteiger partial charge in [0, 0.05) is 50.7 Å². The molecule has 1 aromatic carbocycles. The van der Waals surface area contributed by atoms with Gasteiger partial charge in [-0.15, -0.1) is 0 Å². The summed E-state index contributed by atoms with van der Waals surface area (Å²) in [4.78, 5) is 32.5. The minimum atomic E-state index is 0.180. The summed E-state index contributed by atoms with van der Waals surface area (Å²) in [6.07, 6.45) is 9.25. The van der Waals surface area contributed by atoms with E-state index in [4.69, 9.17) is 4.74 Å². The summed E-state index contributed by atoms with van der Waals surface area (Å²) in [7, 11) is 0. The van der Waals surface area contributed by atoms with Gasteiger partial charge in [0.1, 0.15) is 12.4 Å². The second-order valence-electron chi connectivity index (χ2n) is 9.66. The minimum Gasteiger partial charge on any atom is -0.489 e. The average molecular weight is 454 g/mol. The van der Waals surface area contributed by atoms with Crippen LogP contribution in [-0.2, 0) is 16.1 Å². The highest BCUT2D eigenvalue weighted by Crippen LogP contribution is 2.31. The van der Waals surface area contributed by atoms with Crippen molar-refractivity contribution >= 4 is 11.8 Å². The molecule has 1 aliphatic carbocycles. The summed E-state index contributed by atoms with van der Waals surface area (Å²) in [6, 6.07) is 8.67. The van der Waals surface area contributed by atoms with Crippen LogP contribution < -0.4 is 4.74 Å². The molecule has 2 aliphatic heterocycles. The first-order valence-corrected chi connectivity index (χ1v) is 12.8. The number of hydrogen-bond donors (Lipinski definition) is 0. The van der Waals surface area contributed by atoms with E-state index in [0.29, 0.717) is 32.2 Å². The fourth-order valence-corrected chi connectivity index (χ4v) is 5.36. The molecule has 0 N–H and O–H groups in total. The summed E-state index contributed by atoms with van der Waals surface area (Å²) >= 11 is 0. The fourth-order valence-electron chi connectivity index (χ4n) is 5.36. The van der Waals surface area contributed by atoms with Crippen molar-refractivity contribution in [2.24, 2.45) is 11.8 Å². The number of carbonyl (C=O) groups is 2. The molecule has 4 rings (SSSR count). The van der Waals surface area contributed by atoms with Crippen LogP contribution in [-0.4, -0.2) is 71.9 Å². The van der Waals surface area contributed by atoms with E-state index in [-0.39, 0.29) is 23.7 Å². The van der Waals surface area contributed by atoms with Gasteiger partial charge in [-0.25, -0.2) is 0 Å². The molecule has 2 fully saturated rings. The molecular formula is C27H39N3O3. The Hall–Kier alpha value is -2.34. The summed E-state index contributed by atoms with van der Waals surface area (Å²) < 4.78 is 6.15. The standard InChI is InChI=1S/C27H39N3O3/c1-3-28(4-2)26(31)17-21-14-15-29-18-22(21)10-8-16-33-25-13-6-5-9-23(25)19-30(20-27(29)32)24-11-7-12-24/h5-6,8-10,13,21-22,24H,3-4,7,11-12,14-20H2,1-2H3/t21-,22-/m0/s1. The van der Waals surface area contributed by atoms with Crippen molar-refractivity contribution < 1.29 is 14.3 Å². The Kier molecular flexibility index (Phi) is 8.07. The molecule has 3 aliphatic rings. The zero-order chi connectivity index (χ0) is 23.2. The van der Waals surface area contributed by atoms with Gasteiger partial charge >= 0.3 is 0 Å². The van der Waals surface area contributed by atoms with E-state index >= 15 is 0 Å². The minimum absolute atomic E-state index is 0.180. The van der Waals surface area contributed by atoms with Crippen LogP contribution in [0.25, 0.3) is 0 Å². The molecule has 2 heterocycles. The average Bonchev–Trinajstić information content (AvgIpc) is 2.78. The molecule has 2 bridgehead atoms. The van der Waals surface area contributed by atoms with Crippen molar-refractivity contribution in [1.29, 1.82) is 0 Å². The molecule has 0 unspecified atom stereocenters. The van der Waals surface area contributed by atoms with E-state index in [1.807, 2.05) is 41.8 Å². The summed E-state index contributed by atoms with van der Waals surface area (Å²) in [5.74, 6) is 1.78. The first kappa shape index (κ1) is 23.8. The van der Waals surface area contributed by atoms with Crippen molar-refractivity contribution in [2.45, 2.75) is 58.5 Å². The Morgan fingerprint density at radius 1 is 1.12 bits per heavy atom. The smallest absolute Gasteiger partial charge is 0.236 e. The number of nitrogens with zero attached hydrogens (tertiary/aromatic N) is 3. The monoisotopic (exact) mass is 453 g/mol. The zero-order valence-electron chi connectivity index (χ0n) is 20.2. The third-order valence-electron chi connectivity index (χ3n) is 7.71. The third-order valence-corrected chi connectivity index (χ3v) is 7.71. The lowest BCUT2D eigenvalue weighted by atomic mass is 9.82. The van der Waals surface area contributed by atoms with Gasteiger partial charge in [0.25, 0.3) is 0 Å². The maximum absolute atomic E-state index is 13.4. The molecule has 2 amide bonds. The number of amides is 2. The molecule has 33 heavy (non-hydrogen) atoms. The number of benzene rings is 1. The van der Waals surface area contributed by atoms with Gasteiger partial charge in [-0.3, -0.25) is 14.5 Å². The Morgan fingerprint density at radius 3 is 2.64 bits per heavy atom. The molecule has 1 saturated carbocycles. The number of hydrogen-bond acceptors (Lipinski definition) is 4. The molecule has 180 valence electrons. The van der Waals surface area contributed by atoms with Crippen LogP contribution in [0.4, 0.5) is 0 Å². The lowest BCUT2D eigenvalue weighted by Gasteiger charge is -2.41. The number of piperidine rings is 1. The van der Waals surface area contributed by atoms with Crippen LogP contribution in [0.3, 0.4) is 0 Å². The zero-order valence-corrected chi connectivity index (χ0v) is 20.2. The highest BCUT2D eigenvalue weighted by molar-refractivity contribution is 5.79. The Bertz CT molecular complexity index is 847. The van der Waals surface area contributed by atoms with Crippen molar-refractivity contribution in [2.75, 3.05) is 39.3 Å². The highest BCUT2D eigenvalue weighted by Gasteiger charge is 2.34. The Labute approximate surface area is 198 Å². The van der Waals surface area contributed by atoms with E-state index in [2.05, 4.69) is 23.1 Å². The van der Waals surface area contributed by atoms with E-state index < -0.39 is 0 Å². The van der Waals surface area contributed by atoms with Crippen molar-refractivity contribution in [3.63, 3.8) is 0 Å². The third kappa shape index (κ3) is 5.78. The molecule has 0 radical (unpaired) electrons. The van der Waals surface area contributed by atoms with Crippen LogP contribution in [0.5, 0.6) is 5.75 Å². The van der Waals surface area contributed by atoms with Crippen LogP contribution >= 0.6 is 0 Å². The topological polar surface area (TPSA) is 53.1 Å². The maximum atomic E-state index is 13.4. The molecule has 0 aromatic heterocycles. The molecule has 6 heteroatoms. The Balaban J connectivity index is 1.54. The number of carbonyl (C=O) groups excluding carboxylic acids is 2. The van der Waals surface area contributed by atoms with Gasteiger partial charge < -0.3 is 14.5 Å². The van der Waals surface area contributed by atoms with Crippen molar-refractivity contribution in [1.82, 2.24) is 14.7 Å². The second-order valence-corrected chi connectivity index (χ2v) is 9.66. The van der Waals surface area contributed by atoms with E-state index in [9.17, 15) is 9.59 Å². The maximum Gasteiger partial charge on any atom is 0.236 e. The normalized spacial score (nSPS) is 24.5. The van der Waals surface area contributed by atoms with E-state index in [1.165, 1.54) is 6.42 Å². The van der Waals surface area contributed by atoms with Crippen LogP contribution in [0, 0.1) is 11.8 Å². The molecular weight excluding hydrogens is 414 g/mol. The number of ether oxygens (including phenoxy) is 1. The first-order valence-electron chi connectivity index (χ1n) is 12.8. The van der Waals surface area contributed by atoms with Crippen molar-refractivity contribution in [3.05, 3.63) is 42.0 Å². The molecule has 6 nitrogen and oxygen atoms in total. The second kappa shape index (κ2) is 11.2. The van der Waals surface area contributed by atoms with E-state index in [0.717, 1.165) is 56.8 Å². The molecule has 1 aromatic rings. The molecule has 2 atom stereocenters. The van der Waals surface area contributed by atoms with Crippen LogP contribution in [0.15, 0.2) is 36.4 Å². The predicted molar refractivity (Wildman–Crippen MR) is 130 cm³/mol. The number of fused-ring (bicyclic) bond motifs is 3. The SMILES string of the molecule is CCN(CC)C(=O)C[C@@H]1CCN2C[C@@H]1C=CCOc1ccccc1CN(C1CCC1)CC2=O. The highest BCUT2D eigenvalue weighted by atomic mass is 16.5. The van der Waals surface area contributed by atoms with Crippen LogP contribution in [0.2, 0.25) is 0 Å².